The van der Waals surface area contributed by atoms with Gasteiger partial charge < -0.3 is 9.84 Å². The van der Waals surface area contributed by atoms with Crippen LogP contribution in [0.2, 0.25) is 0 Å². The summed E-state index contributed by atoms with van der Waals surface area (Å²) in [4.78, 5) is 2.21. The van der Waals surface area contributed by atoms with Crippen molar-refractivity contribution in [2.24, 2.45) is 0 Å². The van der Waals surface area contributed by atoms with Crippen molar-refractivity contribution in [1.82, 2.24) is 4.90 Å². The molecule has 2 aromatic rings. The van der Waals surface area contributed by atoms with Gasteiger partial charge in [-0.25, -0.2) is 4.39 Å². The van der Waals surface area contributed by atoms with Crippen LogP contribution < -0.4 is 0 Å². The molecular weight excluding hydrogens is 317 g/mol. The molecule has 2 aromatic carbocycles. The SMILES string of the molecule is CC(c1ccccc1)N1CCO[C@H](O)[C@H]1c1ccc(F)cc1.Cl. The lowest BCUT2D eigenvalue weighted by atomic mass is 9.98. The lowest BCUT2D eigenvalue weighted by molar-refractivity contribution is -0.189. The zero-order valence-electron chi connectivity index (χ0n) is 12.9. The Morgan fingerprint density at radius 2 is 1.78 bits per heavy atom. The van der Waals surface area contributed by atoms with E-state index in [0.717, 1.165) is 12.1 Å². The van der Waals surface area contributed by atoms with Crippen LogP contribution in [-0.2, 0) is 4.74 Å². The van der Waals surface area contributed by atoms with Crippen molar-refractivity contribution < 1.29 is 14.2 Å². The maximum absolute atomic E-state index is 13.2. The van der Waals surface area contributed by atoms with Crippen molar-refractivity contribution in [2.45, 2.75) is 25.3 Å². The summed E-state index contributed by atoms with van der Waals surface area (Å²) < 4.78 is 18.6. The number of halogens is 2. The van der Waals surface area contributed by atoms with Crippen LogP contribution in [0, 0.1) is 5.82 Å². The topological polar surface area (TPSA) is 32.7 Å². The highest BCUT2D eigenvalue weighted by Crippen LogP contribution is 2.35. The summed E-state index contributed by atoms with van der Waals surface area (Å²) >= 11 is 0. The molecule has 23 heavy (non-hydrogen) atoms. The molecular formula is C18H21ClFNO2. The molecule has 1 aliphatic rings. The van der Waals surface area contributed by atoms with Gasteiger partial charge in [0.2, 0.25) is 0 Å². The third kappa shape index (κ3) is 3.90. The van der Waals surface area contributed by atoms with Gasteiger partial charge in [-0.2, -0.15) is 0 Å². The van der Waals surface area contributed by atoms with Gasteiger partial charge in [0.25, 0.3) is 0 Å². The summed E-state index contributed by atoms with van der Waals surface area (Å²) in [5.74, 6) is -0.280. The third-order valence-electron chi connectivity index (χ3n) is 4.26. The highest BCUT2D eigenvalue weighted by molar-refractivity contribution is 5.85. The summed E-state index contributed by atoms with van der Waals surface area (Å²) in [7, 11) is 0. The Balaban J connectivity index is 0.00000192. The Morgan fingerprint density at radius 3 is 2.43 bits per heavy atom. The largest absolute Gasteiger partial charge is 0.366 e. The van der Waals surface area contributed by atoms with E-state index in [1.165, 1.54) is 17.7 Å². The number of hydrogen-bond donors (Lipinski definition) is 1. The predicted molar refractivity (Wildman–Crippen MR) is 89.9 cm³/mol. The Kier molecular flexibility index (Phi) is 6.13. The molecule has 0 spiro atoms. The van der Waals surface area contributed by atoms with E-state index < -0.39 is 6.29 Å². The molecule has 0 bridgehead atoms. The van der Waals surface area contributed by atoms with Crippen molar-refractivity contribution >= 4 is 12.4 Å². The molecule has 3 atom stereocenters. The number of benzene rings is 2. The zero-order chi connectivity index (χ0) is 15.5. The summed E-state index contributed by atoms with van der Waals surface area (Å²) in [5, 5.41) is 10.3. The third-order valence-corrected chi connectivity index (χ3v) is 4.26. The minimum absolute atomic E-state index is 0. The Morgan fingerprint density at radius 1 is 1.13 bits per heavy atom. The van der Waals surface area contributed by atoms with E-state index in [9.17, 15) is 9.50 Å². The lowest BCUT2D eigenvalue weighted by Gasteiger charge is -2.42. The maximum atomic E-state index is 13.2. The number of aliphatic hydroxyl groups is 1. The van der Waals surface area contributed by atoms with Crippen LogP contribution >= 0.6 is 12.4 Å². The van der Waals surface area contributed by atoms with Gasteiger partial charge in [0.15, 0.2) is 6.29 Å². The number of morpholine rings is 1. The molecule has 3 rings (SSSR count). The second-order valence-corrected chi connectivity index (χ2v) is 5.58. The Labute approximate surface area is 142 Å². The molecule has 124 valence electrons. The summed E-state index contributed by atoms with van der Waals surface area (Å²) in [6.45, 7) is 3.31. The quantitative estimate of drug-likeness (QED) is 0.927. The van der Waals surface area contributed by atoms with Crippen LogP contribution in [0.5, 0.6) is 0 Å². The Hall–Kier alpha value is -1.46. The molecule has 1 fully saturated rings. The minimum Gasteiger partial charge on any atom is -0.366 e. The molecule has 5 heteroatoms. The average molecular weight is 338 g/mol. The molecule has 0 amide bonds. The number of aliphatic hydroxyl groups excluding tert-OH is 1. The van der Waals surface area contributed by atoms with Crippen LogP contribution in [0.25, 0.3) is 0 Å². The molecule has 1 heterocycles. The van der Waals surface area contributed by atoms with Gasteiger partial charge in [-0.3, -0.25) is 4.90 Å². The monoisotopic (exact) mass is 337 g/mol. The fourth-order valence-electron chi connectivity index (χ4n) is 3.05. The van der Waals surface area contributed by atoms with Crippen molar-refractivity contribution in [3.8, 4) is 0 Å². The first-order chi connectivity index (χ1) is 10.7. The zero-order valence-corrected chi connectivity index (χ0v) is 13.7. The first kappa shape index (κ1) is 17.9. The van der Waals surface area contributed by atoms with Gasteiger partial charge in [0.1, 0.15) is 5.82 Å². The second kappa shape index (κ2) is 7.88. The van der Waals surface area contributed by atoms with E-state index in [0.29, 0.717) is 6.61 Å². The van der Waals surface area contributed by atoms with Gasteiger partial charge in [-0.1, -0.05) is 42.5 Å². The summed E-state index contributed by atoms with van der Waals surface area (Å²) in [5.41, 5.74) is 2.04. The molecule has 0 saturated carbocycles. The fourth-order valence-corrected chi connectivity index (χ4v) is 3.05. The molecule has 0 aliphatic carbocycles. The smallest absolute Gasteiger partial charge is 0.174 e. The van der Waals surface area contributed by atoms with Gasteiger partial charge in [-0.15, -0.1) is 12.4 Å². The van der Waals surface area contributed by atoms with Gasteiger partial charge >= 0.3 is 0 Å². The summed E-state index contributed by atoms with van der Waals surface area (Å²) in [6.07, 6.45) is -0.912. The van der Waals surface area contributed by atoms with Crippen LogP contribution in [-0.4, -0.2) is 29.4 Å². The van der Waals surface area contributed by atoms with E-state index in [1.807, 2.05) is 18.2 Å². The number of rotatable bonds is 3. The number of ether oxygens (including phenoxy) is 1. The normalized spacial score (nSPS) is 23.1. The number of hydrogen-bond acceptors (Lipinski definition) is 3. The number of nitrogens with zero attached hydrogens (tertiary/aromatic N) is 1. The van der Waals surface area contributed by atoms with E-state index in [1.54, 1.807) is 12.1 Å². The van der Waals surface area contributed by atoms with Crippen LogP contribution in [0.1, 0.15) is 30.1 Å². The van der Waals surface area contributed by atoms with E-state index in [2.05, 4.69) is 24.0 Å². The molecule has 0 radical (unpaired) electrons. The van der Waals surface area contributed by atoms with Gasteiger partial charge in [-0.05, 0) is 30.2 Å². The maximum Gasteiger partial charge on any atom is 0.174 e. The van der Waals surface area contributed by atoms with Crippen molar-refractivity contribution in [3.05, 3.63) is 71.5 Å². The lowest BCUT2D eigenvalue weighted by Crippen LogP contribution is -2.46. The highest BCUT2D eigenvalue weighted by Gasteiger charge is 2.35. The average Bonchev–Trinajstić information content (AvgIpc) is 2.56. The van der Waals surface area contributed by atoms with Gasteiger partial charge in [0.05, 0.1) is 12.6 Å². The predicted octanol–water partition coefficient (Wildman–Crippen LogP) is 3.70. The first-order valence-corrected chi connectivity index (χ1v) is 7.52. The standard InChI is InChI=1S/C18H20FNO2.ClH/c1-13(14-5-3-2-4-6-14)20-11-12-22-18(21)17(20)15-7-9-16(19)10-8-15;/h2-10,13,17-18,21H,11-12H2,1H3;1H/t13?,17-,18+;/m1./s1. The molecule has 1 aliphatic heterocycles. The Bertz CT molecular complexity index is 608. The first-order valence-electron chi connectivity index (χ1n) is 7.52. The van der Waals surface area contributed by atoms with Crippen LogP contribution in [0.4, 0.5) is 4.39 Å². The molecule has 1 saturated heterocycles. The van der Waals surface area contributed by atoms with Crippen molar-refractivity contribution in [1.29, 1.82) is 0 Å². The van der Waals surface area contributed by atoms with E-state index in [-0.39, 0.29) is 30.3 Å². The molecule has 1 unspecified atom stereocenters. The van der Waals surface area contributed by atoms with Crippen LogP contribution in [0.15, 0.2) is 54.6 Å². The molecule has 3 nitrogen and oxygen atoms in total. The van der Waals surface area contributed by atoms with E-state index in [4.69, 9.17) is 4.74 Å². The highest BCUT2D eigenvalue weighted by atomic mass is 35.5. The molecule has 1 N–H and O–H groups in total. The van der Waals surface area contributed by atoms with Crippen molar-refractivity contribution in [2.75, 3.05) is 13.2 Å². The fraction of sp³-hybridized carbons (Fsp3) is 0.333. The van der Waals surface area contributed by atoms with Crippen LogP contribution in [0.3, 0.4) is 0 Å². The molecule has 0 aromatic heterocycles. The second-order valence-electron chi connectivity index (χ2n) is 5.58. The van der Waals surface area contributed by atoms with Gasteiger partial charge in [0, 0.05) is 12.6 Å². The van der Waals surface area contributed by atoms with Crippen molar-refractivity contribution in [3.63, 3.8) is 0 Å². The minimum atomic E-state index is -0.912. The van der Waals surface area contributed by atoms with E-state index >= 15 is 0 Å². The summed E-state index contributed by atoms with van der Waals surface area (Å²) in [6, 6.07) is 16.3.